The molecule has 1 saturated heterocycles. The third-order valence-electron chi connectivity index (χ3n) is 5.91. The van der Waals surface area contributed by atoms with Crippen molar-refractivity contribution in [3.8, 4) is 0 Å². The molecule has 2 aliphatic heterocycles. The van der Waals surface area contributed by atoms with Gasteiger partial charge < -0.3 is 15.1 Å². The van der Waals surface area contributed by atoms with Gasteiger partial charge in [-0.3, -0.25) is 4.68 Å². The summed E-state index contributed by atoms with van der Waals surface area (Å²) in [5, 5.41) is 8.96. The van der Waals surface area contributed by atoms with E-state index >= 15 is 0 Å². The van der Waals surface area contributed by atoms with Gasteiger partial charge in [0.15, 0.2) is 5.65 Å². The number of pyridine rings is 2. The van der Waals surface area contributed by atoms with Gasteiger partial charge in [-0.1, -0.05) is 13.0 Å². The second-order valence-corrected chi connectivity index (χ2v) is 8.02. The molecule has 1 N–H and O–H groups in total. The fourth-order valence-electron chi connectivity index (χ4n) is 4.48. The molecule has 0 unspecified atom stereocenters. The predicted molar refractivity (Wildman–Crippen MR) is 112 cm³/mol. The van der Waals surface area contributed by atoms with Gasteiger partial charge in [0.2, 0.25) is 0 Å². The van der Waals surface area contributed by atoms with E-state index in [9.17, 15) is 0 Å². The minimum atomic E-state index is 0.381. The van der Waals surface area contributed by atoms with E-state index in [0.29, 0.717) is 5.92 Å². The summed E-state index contributed by atoms with van der Waals surface area (Å²) in [6.07, 6.45) is 1.93. The summed E-state index contributed by atoms with van der Waals surface area (Å²) < 4.78 is 1.86. The lowest BCUT2D eigenvalue weighted by Gasteiger charge is -2.36. The van der Waals surface area contributed by atoms with Crippen LogP contribution in [0, 0.1) is 6.92 Å². The van der Waals surface area contributed by atoms with Crippen LogP contribution in [0.15, 0.2) is 24.4 Å². The molecule has 0 aliphatic carbocycles. The smallest absolute Gasteiger partial charge is 0.159 e. The van der Waals surface area contributed by atoms with Crippen molar-refractivity contribution in [3.05, 3.63) is 41.3 Å². The van der Waals surface area contributed by atoms with Crippen LogP contribution in [0.4, 0.5) is 11.5 Å². The molecule has 1 fully saturated rings. The predicted octanol–water partition coefficient (Wildman–Crippen LogP) is 2.21. The largest absolute Gasteiger partial charge is 0.366 e. The first-order valence-electron chi connectivity index (χ1n) is 10.1. The molecule has 5 heterocycles. The van der Waals surface area contributed by atoms with Gasteiger partial charge in [0.05, 0.1) is 23.0 Å². The Labute approximate surface area is 165 Å². The maximum Gasteiger partial charge on any atom is 0.159 e. The quantitative estimate of drug-likeness (QED) is 0.739. The number of fused-ring (bicyclic) bond motifs is 2. The van der Waals surface area contributed by atoms with Crippen molar-refractivity contribution < 1.29 is 0 Å². The normalized spacial score (nSPS) is 19.9. The van der Waals surface area contributed by atoms with E-state index in [2.05, 4.69) is 57.2 Å². The van der Waals surface area contributed by atoms with Crippen LogP contribution < -0.4 is 15.1 Å². The van der Waals surface area contributed by atoms with E-state index in [1.807, 2.05) is 17.9 Å². The summed E-state index contributed by atoms with van der Waals surface area (Å²) in [4.78, 5) is 14.6. The van der Waals surface area contributed by atoms with Crippen LogP contribution >= 0.6 is 0 Å². The molecular formula is C21H27N7. The summed E-state index contributed by atoms with van der Waals surface area (Å²) in [6, 6.07) is 6.65. The average molecular weight is 377 g/mol. The van der Waals surface area contributed by atoms with Crippen molar-refractivity contribution in [2.24, 2.45) is 7.05 Å². The average Bonchev–Trinajstić information content (AvgIpc) is 3.08. The van der Waals surface area contributed by atoms with E-state index in [4.69, 9.17) is 4.98 Å². The standard InChI is InChI=1S/C21H27N7/c1-14-12-28(18-10-15(2)24-21-17(18)11-23-26(21)3)13-16-4-5-19(25-20(14)16)27-8-6-22-7-9-27/h4-5,10-11,14,22H,6-9,12-13H2,1-3H3/t14-/m1/s1. The maximum absolute atomic E-state index is 5.07. The summed E-state index contributed by atoms with van der Waals surface area (Å²) in [5.41, 5.74) is 5.77. The Kier molecular flexibility index (Phi) is 4.19. The van der Waals surface area contributed by atoms with Crippen molar-refractivity contribution in [2.45, 2.75) is 26.3 Å². The molecule has 3 aromatic rings. The molecule has 146 valence electrons. The van der Waals surface area contributed by atoms with Gasteiger partial charge in [0.25, 0.3) is 0 Å². The lowest BCUT2D eigenvalue weighted by Crippen LogP contribution is -2.44. The summed E-state index contributed by atoms with van der Waals surface area (Å²) in [5.74, 6) is 1.50. The third kappa shape index (κ3) is 2.90. The number of hydrogen-bond acceptors (Lipinski definition) is 6. The van der Waals surface area contributed by atoms with Crippen molar-refractivity contribution in [3.63, 3.8) is 0 Å². The second-order valence-electron chi connectivity index (χ2n) is 8.02. The molecule has 28 heavy (non-hydrogen) atoms. The molecule has 0 bridgehead atoms. The van der Waals surface area contributed by atoms with E-state index in [1.165, 1.54) is 16.9 Å². The lowest BCUT2D eigenvalue weighted by atomic mass is 9.95. The highest BCUT2D eigenvalue weighted by atomic mass is 15.3. The van der Waals surface area contributed by atoms with Gasteiger partial charge in [-0.15, -0.1) is 0 Å². The molecule has 7 nitrogen and oxygen atoms in total. The fraction of sp³-hybridized carbons (Fsp3) is 0.476. The number of aryl methyl sites for hydroxylation is 2. The first-order chi connectivity index (χ1) is 13.6. The number of nitrogens with one attached hydrogen (secondary N) is 1. The molecule has 0 aromatic carbocycles. The van der Waals surface area contributed by atoms with E-state index < -0.39 is 0 Å². The highest BCUT2D eigenvalue weighted by molar-refractivity contribution is 5.89. The van der Waals surface area contributed by atoms with Gasteiger partial charge in [0.1, 0.15) is 5.82 Å². The van der Waals surface area contributed by atoms with Crippen LogP contribution in [0.25, 0.3) is 11.0 Å². The van der Waals surface area contributed by atoms with Gasteiger partial charge in [-0.2, -0.15) is 5.10 Å². The summed E-state index contributed by atoms with van der Waals surface area (Å²) in [7, 11) is 1.95. The molecule has 0 spiro atoms. The van der Waals surface area contributed by atoms with Crippen molar-refractivity contribution in [1.29, 1.82) is 0 Å². The van der Waals surface area contributed by atoms with Crippen molar-refractivity contribution in [2.75, 3.05) is 42.5 Å². The maximum atomic E-state index is 5.07. The molecule has 0 radical (unpaired) electrons. The SMILES string of the molecule is Cc1cc(N2Cc3ccc(N4CCNCC4)nc3[C@H](C)C2)c2cnn(C)c2n1. The fourth-order valence-corrected chi connectivity index (χ4v) is 4.48. The minimum absolute atomic E-state index is 0.381. The number of aromatic nitrogens is 4. The molecule has 7 heteroatoms. The molecule has 5 rings (SSSR count). The highest BCUT2D eigenvalue weighted by Gasteiger charge is 2.27. The molecule has 1 atom stereocenters. The Morgan fingerprint density at radius 3 is 2.75 bits per heavy atom. The van der Waals surface area contributed by atoms with E-state index in [-0.39, 0.29) is 0 Å². The molecule has 3 aromatic heterocycles. The van der Waals surface area contributed by atoms with Gasteiger partial charge >= 0.3 is 0 Å². The monoisotopic (exact) mass is 377 g/mol. The van der Waals surface area contributed by atoms with Gasteiger partial charge in [-0.05, 0) is 24.6 Å². The third-order valence-corrected chi connectivity index (χ3v) is 5.91. The second kappa shape index (κ2) is 6.74. The zero-order valence-corrected chi connectivity index (χ0v) is 16.8. The number of anilines is 2. The zero-order chi connectivity index (χ0) is 19.3. The topological polar surface area (TPSA) is 62.1 Å². The van der Waals surface area contributed by atoms with Crippen LogP contribution in [0.2, 0.25) is 0 Å². The highest BCUT2D eigenvalue weighted by Crippen LogP contribution is 2.35. The molecular weight excluding hydrogens is 350 g/mol. The molecule has 0 saturated carbocycles. The van der Waals surface area contributed by atoms with Crippen LogP contribution in [0.3, 0.4) is 0 Å². The zero-order valence-electron chi connectivity index (χ0n) is 16.8. The Morgan fingerprint density at radius 2 is 1.93 bits per heavy atom. The van der Waals surface area contributed by atoms with Crippen LogP contribution in [-0.2, 0) is 13.6 Å². The Balaban J connectivity index is 1.49. The molecule has 2 aliphatic rings. The van der Waals surface area contributed by atoms with Crippen molar-refractivity contribution in [1.82, 2.24) is 25.1 Å². The summed E-state index contributed by atoms with van der Waals surface area (Å²) in [6.45, 7) is 10.3. The van der Waals surface area contributed by atoms with E-state index in [1.54, 1.807) is 0 Å². The first-order valence-corrected chi connectivity index (χ1v) is 10.1. The van der Waals surface area contributed by atoms with Crippen LogP contribution in [-0.4, -0.2) is 52.5 Å². The Morgan fingerprint density at radius 1 is 1.11 bits per heavy atom. The number of rotatable bonds is 2. The number of hydrogen-bond donors (Lipinski definition) is 1. The minimum Gasteiger partial charge on any atom is -0.366 e. The van der Waals surface area contributed by atoms with Crippen LogP contribution in [0.5, 0.6) is 0 Å². The Hall–Kier alpha value is -2.67. The summed E-state index contributed by atoms with van der Waals surface area (Å²) >= 11 is 0. The van der Waals surface area contributed by atoms with Crippen molar-refractivity contribution >= 4 is 22.5 Å². The number of piperazine rings is 1. The first kappa shape index (κ1) is 17.4. The van der Waals surface area contributed by atoms with Gasteiger partial charge in [0, 0.05) is 57.9 Å². The number of nitrogens with zero attached hydrogens (tertiary/aromatic N) is 6. The van der Waals surface area contributed by atoms with Gasteiger partial charge in [-0.25, -0.2) is 9.97 Å². The van der Waals surface area contributed by atoms with E-state index in [0.717, 1.165) is 61.8 Å². The Bertz CT molecular complexity index is 1020. The van der Waals surface area contributed by atoms with Crippen LogP contribution in [0.1, 0.15) is 29.8 Å². The lowest BCUT2D eigenvalue weighted by molar-refractivity contribution is 0.578. The molecule has 0 amide bonds.